The first-order valence-corrected chi connectivity index (χ1v) is 5.12. The molecular formula is C10H18O3. The van der Waals surface area contributed by atoms with Gasteiger partial charge in [-0.3, -0.25) is 0 Å². The molecule has 2 atom stereocenters. The number of rotatable bonds is 5. The summed E-state index contributed by atoms with van der Waals surface area (Å²) in [5.74, 6) is -0.807. The van der Waals surface area contributed by atoms with Crippen molar-refractivity contribution >= 4 is 5.97 Å². The fourth-order valence-corrected chi connectivity index (χ4v) is 1.72. The van der Waals surface area contributed by atoms with E-state index in [4.69, 9.17) is 9.84 Å². The molecule has 13 heavy (non-hydrogen) atoms. The van der Waals surface area contributed by atoms with Gasteiger partial charge in [-0.15, -0.1) is 0 Å². The molecule has 1 N–H and O–H groups in total. The number of carboxylic acids is 1. The third-order valence-corrected chi connectivity index (χ3v) is 2.51. The maximum absolute atomic E-state index is 10.6. The minimum atomic E-state index is -0.807. The molecule has 0 radical (unpaired) electrons. The highest BCUT2D eigenvalue weighted by Gasteiger charge is 2.29. The van der Waals surface area contributed by atoms with E-state index in [9.17, 15) is 4.79 Å². The van der Waals surface area contributed by atoms with Crippen LogP contribution in [0.1, 0.15) is 45.4 Å². The lowest BCUT2D eigenvalue weighted by molar-refractivity contribution is -0.149. The van der Waals surface area contributed by atoms with Gasteiger partial charge >= 0.3 is 5.97 Å². The first kappa shape index (κ1) is 10.5. The van der Waals surface area contributed by atoms with Gasteiger partial charge in [0.1, 0.15) is 0 Å². The second kappa shape index (κ2) is 5.22. The highest BCUT2D eigenvalue weighted by molar-refractivity contribution is 5.72. The Labute approximate surface area is 79.1 Å². The number of carboxylic acid groups (broad SMARTS) is 1. The highest BCUT2D eigenvalue weighted by Crippen LogP contribution is 2.23. The Morgan fingerprint density at radius 1 is 1.46 bits per heavy atom. The molecule has 0 saturated carbocycles. The summed E-state index contributed by atoms with van der Waals surface area (Å²) >= 11 is 0. The van der Waals surface area contributed by atoms with E-state index in [1.165, 1.54) is 12.8 Å². The Hall–Kier alpha value is -0.570. The van der Waals surface area contributed by atoms with Crippen molar-refractivity contribution in [1.82, 2.24) is 0 Å². The third kappa shape index (κ3) is 3.35. The molecule has 0 aliphatic carbocycles. The monoisotopic (exact) mass is 186 g/mol. The van der Waals surface area contributed by atoms with Crippen LogP contribution >= 0.6 is 0 Å². The van der Waals surface area contributed by atoms with E-state index >= 15 is 0 Å². The van der Waals surface area contributed by atoms with E-state index in [1.807, 2.05) is 0 Å². The maximum Gasteiger partial charge on any atom is 0.332 e. The van der Waals surface area contributed by atoms with E-state index in [0.29, 0.717) is 6.42 Å². The molecule has 1 saturated heterocycles. The Morgan fingerprint density at radius 3 is 2.77 bits per heavy atom. The highest BCUT2D eigenvalue weighted by atomic mass is 16.5. The van der Waals surface area contributed by atoms with E-state index in [1.54, 1.807) is 0 Å². The lowest BCUT2D eigenvalue weighted by atomic mass is 10.1. The zero-order chi connectivity index (χ0) is 9.68. The Morgan fingerprint density at radius 2 is 2.23 bits per heavy atom. The van der Waals surface area contributed by atoms with Crippen molar-refractivity contribution in [2.75, 3.05) is 0 Å². The molecule has 0 amide bonds. The van der Waals surface area contributed by atoms with Gasteiger partial charge in [0.25, 0.3) is 0 Å². The molecule has 0 aromatic rings. The van der Waals surface area contributed by atoms with E-state index in [-0.39, 0.29) is 6.10 Å². The maximum atomic E-state index is 10.6. The molecular weight excluding hydrogens is 168 g/mol. The van der Waals surface area contributed by atoms with Crippen LogP contribution in [-0.2, 0) is 9.53 Å². The summed E-state index contributed by atoms with van der Waals surface area (Å²) in [6.07, 6.45) is 5.88. The first-order valence-electron chi connectivity index (χ1n) is 5.12. The fraction of sp³-hybridized carbons (Fsp3) is 0.900. The van der Waals surface area contributed by atoms with Gasteiger partial charge in [-0.2, -0.15) is 0 Å². The van der Waals surface area contributed by atoms with Crippen molar-refractivity contribution < 1.29 is 14.6 Å². The summed E-state index contributed by atoms with van der Waals surface area (Å²) in [5, 5.41) is 8.68. The van der Waals surface area contributed by atoms with Crippen LogP contribution in [-0.4, -0.2) is 23.3 Å². The largest absolute Gasteiger partial charge is 0.479 e. The summed E-state index contributed by atoms with van der Waals surface area (Å²) in [4.78, 5) is 10.6. The molecule has 3 heteroatoms. The molecule has 2 unspecified atom stereocenters. The molecule has 1 heterocycles. The van der Waals surface area contributed by atoms with Gasteiger partial charge in [0.05, 0.1) is 6.10 Å². The first-order chi connectivity index (χ1) is 6.24. The number of hydrogen-bond donors (Lipinski definition) is 1. The van der Waals surface area contributed by atoms with Gasteiger partial charge in [0, 0.05) is 0 Å². The lowest BCUT2D eigenvalue weighted by Gasteiger charge is -2.09. The van der Waals surface area contributed by atoms with Crippen LogP contribution in [0.4, 0.5) is 0 Å². The van der Waals surface area contributed by atoms with Crippen LogP contribution in [0, 0.1) is 0 Å². The van der Waals surface area contributed by atoms with Crippen LogP contribution in [0.5, 0.6) is 0 Å². The fourth-order valence-electron chi connectivity index (χ4n) is 1.72. The van der Waals surface area contributed by atoms with Crippen LogP contribution < -0.4 is 0 Å². The van der Waals surface area contributed by atoms with Crippen molar-refractivity contribution in [3.05, 3.63) is 0 Å². The molecule has 0 bridgehead atoms. The van der Waals surface area contributed by atoms with Crippen molar-refractivity contribution in [2.24, 2.45) is 0 Å². The number of carbonyl (C=O) groups is 1. The summed E-state index contributed by atoms with van der Waals surface area (Å²) in [7, 11) is 0. The SMILES string of the molecule is CCCCCC1CCC(C(=O)O)O1. The van der Waals surface area contributed by atoms with E-state index in [2.05, 4.69) is 6.92 Å². The van der Waals surface area contributed by atoms with Crippen LogP contribution in [0.3, 0.4) is 0 Å². The zero-order valence-corrected chi connectivity index (χ0v) is 8.16. The summed E-state index contributed by atoms with van der Waals surface area (Å²) < 4.78 is 5.37. The van der Waals surface area contributed by atoms with E-state index in [0.717, 1.165) is 19.3 Å². The average molecular weight is 186 g/mol. The van der Waals surface area contributed by atoms with Gasteiger partial charge < -0.3 is 9.84 Å². The van der Waals surface area contributed by atoms with Gasteiger partial charge in [-0.05, 0) is 19.3 Å². The second-order valence-corrected chi connectivity index (χ2v) is 3.66. The zero-order valence-electron chi connectivity index (χ0n) is 8.16. The molecule has 1 aliphatic heterocycles. The van der Waals surface area contributed by atoms with Crippen LogP contribution in [0.25, 0.3) is 0 Å². The van der Waals surface area contributed by atoms with Crippen molar-refractivity contribution in [3.8, 4) is 0 Å². The van der Waals surface area contributed by atoms with Gasteiger partial charge in [-0.1, -0.05) is 26.2 Å². The molecule has 1 aliphatic rings. The quantitative estimate of drug-likeness (QED) is 0.669. The molecule has 76 valence electrons. The minimum absolute atomic E-state index is 0.202. The normalized spacial score (nSPS) is 27.8. The second-order valence-electron chi connectivity index (χ2n) is 3.66. The van der Waals surface area contributed by atoms with Gasteiger partial charge in [-0.25, -0.2) is 4.79 Å². The predicted octanol–water partition coefficient (Wildman–Crippen LogP) is 2.20. The number of ether oxygens (including phenoxy) is 1. The van der Waals surface area contributed by atoms with Gasteiger partial charge in [0.15, 0.2) is 6.10 Å². The number of unbranched alkanes of at least 4 members (excludes halogenated alkanes) is 2. The average Bonchev–Trinajstić information content (AvgIpc) is 2.53. The van der Waals surface area contributed by atoms with Gasteiger partial charge in [0.2, 0.25) is 0 Å². The molecule has 0 aromatic heterocycles. The summed E-state index contributed by atoms with van der Waals surface area (Å²) in [6.45, 7) is 2.16. The van der Waals surface area contributed by atoms with Crippen molar-refractivity contribution in [3.63, 3.8) is 0 Å². The predicted molar refractivity (Wildman–Crippen MR) is 49.7 cm³/mol. The molecule has 3 nitrogen and oxygen atoms in total. The third-order valence-electron chi connectivity index (χ3n) is 2.51. The Kier molecular flexibility index (Phi) is 4.22. The standard InChI is InChI=1S/C10H18O3/c1-2-3-4-5-8-6-7-9(13-8)10(11)12/h8-9H,2-7H2,1H3,(H,11,12). The van der Waals surface area contributed by atoms with Crippen LogP contribution in [0.2, 0.25) is 0 Å². The Bertz CT molecular complexity index is 168. The molecule has 1 rings (SSSR count). The number of hydrogen-bond acceptors (Lipinski definition) is 2. The molecule has 0 aromatic carbocycles. The summed E-state index contributed by atoms with van der Waals surface area (Å²) in [5.41, 5.74) is 0. The topological polar surface area (TPSA) is 46.5 Å². The molecule has 1 fully saturated rings. The van der Waals surface area contributed by atoms with Crippen molar-refractivity contribution in [2.45, 2.75) is 57.7 Å². The van der Waals surface area contributed by atoms with E-state index < -0.39 is 12.1 Å². The Balaban J connectivity index is 2.14. The number of aliphatic carboxylic acids is 1. The van der Waals surface area contributed by atoms with Crippen molar-refractivity contribution in [1.29, 1.82) is 0 Å². The smallest absolute Gasteiger partial charge is 0.332 e. The minimum Gasteiger partial charge on any atom is -0.479 e. The van der Waals surface area contributed by atoms with Crippen LogP contribution in [0.15, 0.2) is 0 Å². The lowest BCUT2D eigenvalue weighted by Crippen LogP contribution is -2.20. The molecule has 0 spiro atoms. The summed E-state index contributed by atoms with van der Waals surface area (Å²) in [6, 6.07) is 0.